The number of nitrogens with zero attached hydrogens (tertiary/aromatic N) is 1. The minimum atomic E-state index is -0.0875. The molecule has 1 aliphatic heterocycles. The van der Waals surface area contributed by atoms with Gasteiger partial charge >= 0.3 is 0 Å². The number of piperidine rings is 1. The number of likely N-dealkylation sites (tertiary alicyclic amines) is 1. The van der Waals surface area contributed by atoms with E-state index in [-0.39, 0.29) is 5.82 Å². The third-order valence-electron chi connectivity index (χ3n) is 3.21. The molecule has 0 amide bonds. The summed E-state index contributed by atoms with van der Waals surface area (Å²) in [5.41, 5.74) is 0.808. The van der Waals surface area contributed by atoms with Crippen LogP contribution in [-0.2, 0) is 6.54 Å². The van der Waals surface area contributed by atoms with Crippen LogP contribution in [0.3, 0.4) is 0 Å². The van der Waals surface area contributed by atoms with Crippen LogP contribution in [0.15, 0.2) is 24.3 Å². The zero-order valence-electron chi connectivity index (χ0n) is 9.40. The second kappa shape index (κ2) is 5.69. The molecule has 1 heterocycles. The largest absolute Gasteiger partial charge is 0.299 e. The van der Waals surface area contributed by atoms with Crippen molar-refractivity contribution in [3.05, 3.63) is 35.6 Å². The Morgan fingerprint density at radius 3 is 2.94 bits per heavy atom. The smallest absolute Gasteiger partial charge is 0.127 e. The standard InChI is InChI=1S/C13H18FNS/c14-13-6-2-1-5-12(13)9-15-7-3-4-11(8-15)10-16/h1-2,5-6,11,16H,3-4,7-10H2. The van der Waals surface area contributed by atoms with Gasteiger partial charge < -0.3 is 0 Å². The predicted octanol–water partition coefficient (Wildman–Crippen LogP) is 2.97. The van der Waals surface area contributed by atoms with Crippen molar-refractivity contribution in [2.24, 2.45) is 5.92 Å². The molecule has 1 aromatic carbocycles. The summed E-state index contributed by atoms with van der Waals surface area (Å²) >= 11 is 4.35. The molecule has 88 valence electrons. The Labute approximate surface area is 102 Å². The topological polar surface area (TPSA) is 3.24 Å². The third-order valence-corrected chi connectivity index (χ3v) is 3.73. The quantitative estimate of drug-likeness (QED) is 0.794. The van der Waals surface area contributed by atoms with Crippen molar-refractivity contribution < 1.29 is 4.39 Å². The highest BCUT2D eigenvalue weighted by atomic mass is 32.1. The van der Waals surface area contributed by atoms with Gasteiger partial charge in [0.2, 0.25) is 0 Å². The van der Waals surface area contributed by atoms with Crippen molar-refractivity contribution in [2.75, 3.05) is 18.8 Å². The van der Waals surface area contributed by atoms with Gasteiger partial charge in [-0.05, 0) is 37.1 Å². The van der Waals surface area contributed by atoms with Gasteiger partial charge in [0.1, 0.15) is 5.82 Å². The van der Waals surface area contributed by atoms with Gasteiger partial charge in [0.05, 0.1) is 0 Å². The maximum Gasteiger partial charge on any atom is 0.127 e. The summed E-state index contributed by atoms with van der Waals surface area (Å²) in [5.74, 6) is 1.52. The molecule has 0 radical (unpaired) electrons. The fraction of sp³-hybridized carbons (Fsp3) is 0.538. The van der Waals surface area contributed by atoms with Gasteiger partial charge in [-0.2, -0.15) is 12.6 Å². The second-order valence-electron chi connectivity index (χ2n) is 4.52. The lowest BCUT2D eigenvalue weighted by molar-refractivity contribution is 0.177. The van der Waals surface area contributed by atoms with E-state index in [9.17, 15) is 4.39 Å². The van der Waals surface area contributed by atoms with E-state index in [1.54, 1.807) is 6.07 Å². The molecule has 1 fully saturated rings. The summed E-state index contributed by atoms with van der Waals surface area (Å²) in [5, 5.41) is 0. The number of halogens is 1. The molecule has 0 spiro atoms. The van der Waals surface area contributed by atoms with E-state index < -0.39 is 0 Å². The van der Waals surface area contributed by atoms with E-state index in [4.69, 9.17) is 0 Å². The van der Waals surface area contributed by atoms with Gasteiger partial charge in [0, 0.05) is 18.7 Å². The fourth-order valence-electron chi connectivity index (χ4n) is 2.31. The number of hydrogen-bond donors (Lipinski definition) is 1. The van der Waals surface area contributed by atoms with Crippen molar-refractivity contribution in [1.29, 1.82) is 0 Å². The summed E-state index contributed by atoms with van der Waals surface area (Å²) in [6.07, 6.45) is 2.47. The highest BCUT2D eigenvalue weighted by Crippen LogP contribution is 2.20. The monoisotopic (exact) mass is 239 g/mol. The molecule has 0 aliphatic carbocycles. The van der Waals surface area contributed by atoms with Gasteiger partial charge in [-0.1, -0.05) is 18.2 Å². The van der Waals surface area contributed by atoms with E-state index in [1.165, 1.54) is 18.9 Å². The molecule has 0 saturated carbocycles. The molecule has 0 aromatic heterocycles. The first kappa shape index (κ1) is 11.9. The average Bonchev–Trinajstić information content (AvgIpc) is 2.32. The number of rotatable bonds is 3. The lowest BCUT2D eigenvalue weighted by Gasteiger charge is -2.32. The highest BCUT2D eigenvalue weighted by molar-refractivity contribution is 7.80. The Morgan fingerprint density at radius 1 is 1.38 bits per heavy atom. The Bertz CT molecular complexity index is 342. The van der Waals surface area contributed by atoms with Crippen molar-refractivity contribution in [3.63, 3.8) is 0 Å². The van der Waals surface area contributed by atoms with Gasteiger partial charge in [-0.25, -0.2) is 4.39 Å². The molecule has 1 unspecified atom stereocenters. The van der Waals surface area contributed by atoms with Crippen LogP contribution < -0.4 is 0 Å². The summed E-state index contributed by atoms with van der Waals surface area (Å²) < 4.78 is 13.5. The second-order valence-corrected chi connectivity index (χ2v) is 4.88. The Kier molecular flexibility index (Phi) is 4.24. The number of benzene rings is 1. The van der Waals surface area contributed by atoms with Crippen LogP contribution in [0.4, 0.5) is 4.39 Å². The highest BCUT2D eigenvalue weighted by Gasteiger charge is 2.19. The third kappa shape index (κ3) is 2.98. The fourth-order valence-corrected chi connectivity index (χ4v) is 2.61. The first-order valence-corrected chi connectivity index (χ1v) is 6.49. The van der Waals surface area contributed by atoms with E-state index >= 15 is 0 Å². The van der Waals surface area contributed by atoms with Crippen LogP contribution in [-0.4, -0.2) is 23.7 Å². The van der Waals surface area contributed by atoms with Crippen molar-refractivity contribution >= 4 is 12.6 Å². The van der Waals surface area contributed by atoms with E-state index in [1.807, 2.05) is 12.1 Å². The lowest BCUT2D eigenvalue weighted by atomic mass is 9.99. The van der Waals surface area contributed by atoms with Crippen molar-refractivity contribution in [1.82, 2.24) is 4.90 Å². The summed E-state index contributed by atoms with van der Waals surface area (Å²) in [6, 6.07) is 7.05. The van der Waals surface area contributed by atoms with E-state index in [2.05, 4.69) is 17.5 Å². The van der Waals surface area contributed by atoms with Crippen LogP contribution in [0.1, 0.15) is 18.4 Å². The van der Waals surface area contributed by atoms with E-state index in [0.717, 1.165) is 31.0 Å². The van der Waals surface area contributed by atoms with Crippen LogP contribution >= 0.6 is 12.6 Å². The first-order chi connectivity index (χ1) is 7.79. The summed E-state index contributed by atoms with van der Waals surface area (Å²) in [7, 11) is 0. The minimum absolute atomic E-state index is 0.0875. The Balaban J connectivity index is 1.97. The molecule has 0 N–H and O–H groups in total. The molecule has 2 rings (SSSR count). The van der Waals surface area contributed by atoms with Crippen LogP contribution in [0.2, 0.25) is 0 Å². The van der Waals surface area contributed by atoms with Crippen LogP contribution in [0, 0.1) is 11.7 Å². The van der Waals surface area contributed by atoms with Gasteiger partial charge in [-0.15, -0.1) is 0 Å². The molecule has 3 heteroatoms. The maximum atomic E-state index is 13.5. The molecule has 16 heavy (non-hydrogen) atoms. The lowest BCUT2D eigenvalue weighted by Crippen LogP contribution is -2.35. The van der Waals surface area contributed by atoms with Crippen molar-refractivity contribution in [3.8, 4) is 0 Å². The molecule has 1 nitrogen and oxygen atoms in total. The molecule has 0 bridgehead atoms. The Hall–Kier alpha value is -0.540. The zero-order valence-corrected chi connectivity index (χ0v) is 10.3. The molecule has 1 aliphatic rings. The van der Waals surface area contributed by atoms with Crippen LogP contribution in [0.5, 0.6) is 0 Å². The van der Waals surface area contributed by atoms with E-state index in [0.29, 0.717) is 5.92 Å². The molecule has 1 aromatic rings. The summed E-state index contributed by atoms with van der Waals surface area (Å²) in [4.78, 5) is 2.34. The molecular formula is C13H18FNS. The Morgan fingerprint density at radius 2 is 2.19 bits per heavy atom. The predicted molar refractivity (Wildman–Crippen MR) is 68.3 cm³/mol. The van der Waals surface area contributed by atoms with Gasteiger partial charge in [-0.3, -0.25) is 4.90 Å². The summed E-state index contributed by atoms with van der Waals surface area (Å²) in [6.45, 7) is 2.87. The number of hydrogen-bond acceptors (Lipinski definition) is 2. The SMILES string of the molecule is Fc1ccccc1CN1CCCC(CS)C1. The minimum Gasteiger partial charge on any atom is -0.299 e. The average molecular weight is 239 g/mol. The molecule has 1 atom stereocenters. The first-order valence-electron chi connectivity index (χ1n) is 5.86. The maximum absolute atomic E-state index is 13.5. The number of thiol groups is 1. The molecule has 1 saturated heterocycles. The van der Waals surface area contributed by atoms with Gasteiger partial charge in [0.25, 0.3) is 0 Å². The van der Waals surface area contributed by atoms with Gasteiger partial charge in [0.15, 0.2) is 0 Å². The zero-order chi connectivity index (χ0) is 11.4. The van der Waals surface area contributed by atoms with Crippen molar-refractivity contribution in [2.45, 2.75) is 19.4 Å². The molecular weight excluding hydrogens is 221 g/mol. The van der Waals surface area contributed by atoms with Crippen LogP contribution in [0.25, 0.3) is 0 Å². The normalized spacial score (nSPS) is 22.2.